The number of hydrazine groups is 1. The molecule has 0 aliphatic carbocycles. The number of anilines is 2. The van der Waals surface area contributed by atoms with Gasteiger partial charge < -0.3 is 14.4 Å². The van der Waals surface area contributed by atoms with Crippen LogP contribution < -0.4 is 20.9 Å². The lowest BCUT2D eigenvalue weighted by Gasteiger charge is -2.27. The molecule has 1 aliphatic rings. The number of nitrogens with zero attached hydrogens (tertiary/aromatic N) is 4. The van der Waals surface area contributed by atoms with Gasteiger partial charge in [-0.3, -0.25) is 5.43 Å². The van der Waals surface area contributed by atoms with Crippen molar-refractivity contribution in [2.45, 2.75) is 25.4 Å². The zero-order chi connectivity index (χ0) is 13.7. The van der Waals surface area contributed by atoms with Gasteiger partial charge in [-0.2, -0.15) is 15.0 Å². The van der Waals surface area contributed by atoms with Gasteiger partial charge in [0.05, 0.1) is 13.2 Å². The van der Waals surface area contributed by atoms with Crippen molar-refractivity contribution in [1.82, 2.24) is 15.0 Å². The van der Waals surface area contributed by atoms with Gasteiger partial charge in [-0.25, -0.2) is 5.84 Å². The van der Waals surface area contributed by atoms with Crippen molar-refractivity contribution in [2.24, 2.45) is 5.84 Å². The highest BCUT2D eigenvalue weighted by molar-refractivity contribution is 5.37. The molecule has 1 atom stereocenters. The second-order valence-corrected chi connectivity index (χ2v) is 4.46. The summed E-state index contributed by atoms with van der Waals surface area (Å²) >= 11 is 0. The Morgan fingerprint density at radius 2 is 2.26 bits per heavy atom. The van der Waals surface area contributed by atoms with E-state index in [1.807, 2.05) is 11.9 Å². The number of nitrogens with two attached hydrogens (primary N) is 1. The molecule has 0 spiro atoms. The molecule has 1 fully saturated rings. The zero-order valence-electron chi connectivity index (χ0n) is 11.3. The maximum absolute atomic E-state index is 5.70. The lowest BCUT2D eigenvalue weighted by molar-refractivity contribution is 0.0214. The molecule has 106 valence electrons. The lowest BCUT2D eigenvalue weighted by atomic mass is 10.1. The molecule has 1 unspecified atom stereocenters. The number of nitrogens with one attached hydrogen (secondary N) is 1. The molecule has 0 bridgehead atoms. The van der Waals surface area contributed by atoms with Gasteiger partial charge in [-0.05, 0) is 19.3 Å². The number of hydrogen-bond donors (Lipinski definition) is 2. The first-order chi connectivity index (χ1) is 9.22. The zero-order valence-corrected chi connectivity index (χ0v) is 11.3. The quantitative estimate of drug-likeness (QED) is 0.576. The first-order valence-electron chi connectivity index (χ1n) is 6.32. The number of methoxy groups -OCH3 is 1. The molecular weight excluding hydrogens is 248 g/mol. The largest absolute Gasteiger partial charge is 0.467 e. The maximum Gasteiger partial charge on any atom is 0.322 e. The first-order valence-corrected chi connectivity index (χ1v) is 6.32. The summed E-state index contributed by atoms with van der Waals surface area (Å²) in [5.74, 6) is 6.11. The molecular formula is C11H20N6O2. The van der Waals surface area contributed by atoms with Crippen molar-refractivity contribution < 1.29 is 9.47 Å². The van der Waals surface area contributed by atoms with Crippen molar-refractivity contribution in [1.29, 1.82) is 0 Å². The van der Waals surface area contributed by atoms with Gasteiger partial charge in [-0.15, -0.1) is 0 Å². The molecule has 8 heteroatoms. The minimum absolute atomic E-state index is 0.218. The second kappa shape index (κ2) is 6.48. The van der Waals surface area contributed by atoms with Crippen molar-refractivity contribution in [3.63, 3.8) is 0 Å². The maximum atomic E-state index is 5.70. The summed E-state index contributed by atoms with van der Waals surface area (Å²) in [5.41, 5.74) is 2.40. The molecule has 19 heavy (non-hydrogen) atoms. The Bertz CT molecular complexity index is 388. The molecule has 1 aromatic heterocycles. The van der Waals surface area contributed by atoms with Crippen LogP contribution in [0.3, 0.4) is 0 Å². The Morgan fingerprint density at radius 3 is 2.89 bits per heavy atom. The van der Waals surface area contributed by atoms with E-state index in [0.717, 1.165) is 26.0 Å². The Balaban J connectivity index is 2.06. The lowest BCUT2D eigenvalue weighted by Crippen LogP contribution is -2.34. The van der Waals surface area contributed by atoms with E-state index in [1.54, 1.807) is 0 Å². The summed E-state index contributed by atoms with van der Waals surface area (Å²) in [5, 5.41) is 0. The summed E-state index contributed by atoms with van der Waals surface area (Å²) in [6.07, 6.45) is 3.63. The summed E-state index contributed by atoms with van der Waals surface area (Å²) in [6, 6.07) is 0.231. The summed E-state index contributed by atoms with van der Waals surface area (Å²) < 4.78 is 10.7. The molecule has 1 aliphatic heterocycles. The van der Waals surface area contributed by atoms with Gasteiger partial charge in [0, 0.05) is 20.2 Å². The van der Waals surface area contributed by atoms with Crippen LogP contribution in [0.4, 0.5) is 11.9 Å². The van der Waals surface area contributed by atoms with Crippen LogP contribution in [0.25, 0.3) is 0 Å². The summed E-state index contributed by atoms with van der Waals surface area (Å²) in [6.45, 7) is 1.56. The van der Waals surface area contributed by atoms with Crippen LogP contribution in [0.1, 0.15) is 19.3 Å². The normalized spacial score (nSPS) is 19.0. The molecule has 0 saturated carbocycles. The molecule has 2 heterocycles. The Hall–Kier alpha value is -1.67. The number of ether oxygens (including phenoxy) is 2. The van der Waals surface area contributed by atoms with E-state index >= 15 is 0 Å². The van der Waals surface area contributed by atoms with Crippen molar-refractivity contribution in [3.8, 4) is 6.01 Å². The van der Waals surface area contributed by atoms with Crippen LogP contribution >= 0.6 is 0 Å². The van der Waals surface area contributed by atoms with E-state index in [4.69, 9.17) is 15.3 Å². The van der Waals surface area contributed by atoms with E-state index < -0.39 is 0 Å². The Labute approximate surface area is 112 Å². The molecule has 8 nitrogen and oxygen atoms in total. The van der Waals surface area contributed by atoms with E-state index in [-0.39, 0.29) is 18.1 Å². The third-order valence-electron chi connectivity index (χ3n) is 3.01. The van der Waals surface area contributed by atoms with E-state index in [0.29, 0.717) is 5.95 Å². The molecule has 1 aromatic rings. The number of rotatable bonds is 5. The molecule has 2 rings (SSSR count). The highest BCUT2D eigenvalue weighted by Gasteiger charge is 2.18. The Morgan fingerprint density at radius 1 is 1.42 bits per heavy atom. The molecule has 1 saturated heterocycles. The fourth-order valence-corrected chi connectivity index (χ4v) is 2.01. The Kier molecular flexibility index (Phi) is 4.69. The van der Waals surface area contributed by atoms with E-state index in [9.17, 15) is 0 Å². The van der Waals surface area contributed by atoms with Crippen LogP contribution in [0.5, 0.6) is 6.01 Å². The number of likely N-dealkylation sites (N-methyl/N-ethyl adjacent to an activating group) is 1. The van der Waals surface area contributed by atoms with Crippen LogP contribution in [0, 0.1) is 0 Å². The van der Waals surface area contributed by atoms with Crippen LogP contribution in [0.2, 0.25) is 0 Å². The molecule has 0 radical (unpaired) electrons. The average molecular weight is 268 g/mol. The van der Waals surface area contributed by atoms with Gasteiger partial charge in [0.25, 0.3) is 0 Å². The van der Waals surface area contributed by atoms with Crippen LogP contribution in [-0.4, -0.2) is 48.4 Å². The van der Waals surface area contributed by atoms with Gasteiger partial charge in [0.1, 0.15) is 0 Å². The number of hydrogen-bond acceptors (Lipinski definition) is 8. The summed E-state index contributed by atoms with van der Waals surface area (Å²) in [7, 11) is 3.41. The smallest absolute Gasteiger partial charge is 0.322 e. The first kappa shape index (κ1) is 13.8. The monoisotopic (exact) mass is 268 g/mol. The van der Waals surface area contributed by atoms with Gasteiger partial charge >= 0.3 is 6.01 Å². The van der Waals surface area contributed by atoms with Gasteiger partial charge in [0.15, 0.2) is 0 Å². The highest BCUT2D eigenvalue weighted by Crippen LogP contribution is 2.17. The topological polar surface area (TPSA) is 98.4 Å². The van der Waals surface area contributed by atoms with Crippen LogP contribution in [0.15, 0.2) is 0 Å². The van der Waals surface area contributed by atoms with Crippen LogP contribution in [-0.2, 0) is 4.74 Å². The SMILES string of the molecule is COc1nc(NN)nc(N(C)CC2CCCCO2)n1. The highest BCUT2D eigenvalue weighted by atomic mass is 16.5. The fraction of sp³-hybridized carbons (Fsp3) is 0.727. The predicted molar refractivity (Wildman–Crippen MR) is 71.1 cm³/mol. The van der Waals surface area contributed by atoms with E-state index in [2.05, 4.69) is 20.4 Å². The molecule has 3 N–H and O–H groups in total. The van der Waals surface area contributed by atoms with Crippen molar-refractivity contribution in [3.05, 3.63) is 0 Å². The fourth-order valence-electron chi connectivity index (χ4n) is 2.01. The molecule has 0 aromatic carbocycles. The molecule has 0 amide bonds. The van der Waals surface area contributed by atoms with E-state index in [1.165, 1.54) is 13.5 Å². The second-order valence-electron chi connectivity index (χ2n) is 4.46. The third-order valence-corrected chi connectivity index (χ3v) is 3.01. The van der Waals surface area contributed by atoms with Gasteiger partial charge in [-0.1, -0.05) is 0 Å². The van der Waals surface area contributed by atoms with Gasteiger partial charge in [0.2, 0.25) is 11.9 Å². The van der Waals surface area contributed by atoms with Crippen molar-refractivity contribution in [2.75, 3.05) is 37.6 Å². The summed E-state index contributed by atoms with van der Waals surface area (Å²) in [4.78, 5) is 14.3. The minimum atomic E-state index is 0.218. The standard InChI is InChI=1S/C11H20N6O2/c1-17(7-8-5-3-4-6-19-8)10-13-9(16-12)14-11(15-10)18-2/h8H,3-7,12H2,1-2H3,(H,13,14,15,16). The number of nitrogen functional groups attached to an aromatic ring is 1. The average Bonchev–Trinajstić information content (AvgIpc) is 2.47. The minimum Gasteiger partial charge on any atom is -0.467 e. The predicted octanol–water partition coefficient (Wildman–Crippen LogP) is 0.171. The third kappa shape index (κ3) is 3.65. The number of aromatic nitrogens is 3. The van der Waals surface area contributed by atoms with Crippen molar-refractivity contribution >= 4 is 11.9 Å².